The molecule has 1 aliphatic rings. The number of carbonyl (C=O) groups is 1. The van der Waals surface area contributed by atoms with E-state index in [1.165, 1.54) is 0 Å². The standard InChI is InChI=1S/C21H28N4OS/c1-16(2)10-13-22-21(26)17-11-14-25(15-12-17)19-8-9-20(24-23-19)27-18-6-4-3-5-7-18/h3-9,16-17H,10-15H2,1-2H3,(H,22,26). The summed E-state index contributed by atoms with van der Waals surface area (Å²) >= 11 is 1.61. The highest BCUT2D eigenvalue weighted by Gasteiger charge is 2.25. The molecule has 0 aliphatic carbocycles. The fraction of sp³-hybridized carbons (Fsp3) is 0.476. The number of hydrogen-bond donors (Lipinski definition) is 1. The van der Waals surface area contributed by atoms with Crippen LogP contribution in [-0.4, -0.2) is 35.7 Å². The van der Waals surface area contributed by atoms with Crippen molar-refractivity contribution in [2.24, 2.45) is 11.8 Å². The lowest BCUT2D eigenvalue weighted by Gasteiger charge is -2.31. The molecule has 144 valence electrons. The largest absolute Gasteiger partial charge is 0.356 e. The van der Waals surface area contributed by atoms with Crippen LogP contribution in [0.3, 0.4) is 0 Å². The van der Waals surface area contributed by atoms with Gasteiger partial charge in [-0.05, 0) is 49.4 Å². The summed E-state index contributed by atoms with van der Waals surface area (Å²) in [6.45, 7) is 6.83. The fourth-order valence-electron chi connectivity index (χ4n) is 3.14. The number of benzene rings is 1. The second-order valence-corrected chi connectivity index (χ2v) is 8.47. The van der Waals surface area contributed by atoms with Crippen molar-refractivity contribution < 1.29 is 4.79 Å². The highest BCUT2D eigenvalue weighted by Crippen LogP contribution is 2.27. The van der Waals surface area contributed by atoms with Gasteiger partial charge in [-0.15, -0.1) is 10.2 Å². The predicted molar refractivity (Wildman–Crippen MR) is 110 cm³/mol. The van der Waals surface area contributed by atoms with Crippen molar-refractivity contribution in [2.75, 3.05) is 24.5 Å². The topological polar surface area (TPSA) is 58.1 Å². The Morgan fingerprint density at radius 3 is 2.52 bits per heavy atom. The van der Waals surface area contributed by atoms with E-state index in [2.05, 4.69) is 46.4 Å². The van der Waals surface area contributed by atoms with Gasteiger partial charge >= 0.3 is 0 Å². The van der Waals surface area contributed by atoms with Gasteiger partial charge in [-0.25, -0.2) is 0 Å². The summed E-state index contributed by atoms with van der Waals surface area (Å²) < 4.78 is 0. The van der Waals surface area contributed by atoms with Crippen molar-refractivity contribution >= 4 is 23.5 Å². The maximum Gasteiger partial charge on any atom is 0.223 e. The summed E-state index contributed by atoms with van der Waals surface area (Å²) in [5.74, 6) is 1.84. The van der Waals surface area contributed by atoms with Crippen LogP contribution in [0.2, 0.25) is 0 Å². The van der Waals surface area contributed by atoms with E-state index in [0.29, 0.717) is 5.92 Å². The molecule has 2 heterocycles. The minimum Gasteiger partial charge on any atom is -0.356 e. The molecular weight excluding hydrogens is 356 g/mol. The van der Waals surface area contributed by atoms with Gasteiger partial charge in [0.25, 0.3) is 0 Å². The fourth-order valence-corrected chi connectivity index (χ4v) is 3.90. The van der Waals surface area contributed by atoms with Gasteiger partial charge in [0.1, 0.15) is 5.03 Å². The summed E-state index contributed by atoms with van der Waals surface area (Å²) in [4.78, 5) is 15.7. The molecule has 0 saturated carbocycles. The molecule has 0 atom stereocenters. The van der Waals surface area contributed by atoms with Crippen LogP contribution in [-0.2, 0) is 4.79 Å². The maximum absolute atomic E-state index is 12.3. The zero-order valence-electron chi connectivity index (χ0n) is 16.1. The zero-order valence-corrected chi connectivity index (χ0v) is 16.9. The normalized spacial score (nSPS) is 15.1. The van der Waals surface area contributed by atoms with Crippen molar-refractivity contribution in [3.8, 4) is 0 Å². The molecule has 1 aromatic carbocycles. The smallest absolute Gasteiger partial charge is 0.223 e. The van der Waals surface area contributed by atoms with Gasteiger partial charge in [0.15, 0.2) is 5.82 Å². The Morgan fingerprint density at radius 1 is 1.15 bits per heavy atom. The van der Waals surface area contributed by atoms with E-state index in [1.807, 2.05) is 30.3 Å². The summed E-state index contributed by atoms with van der Waals surface area (Å²) in [5.41, 5.74) is 0. The molecule has 0 bridgehead atoms. The Labute approximate surface area is 165 Å². The zero-order chi connectivity index (χ0) is 19.1. The molecule has 1 aromatic heterocycles. The number of rotatable bonds is 7. The second kappa shape index (κ2) is 9.74. The van der Waals surface area contributed by atoms with Crippen LogP contribution in [0.5, 0.6) is 0 Å². The summed E-state index contributed by atoms with van der Waals surface area (Å²) in [6.07, 6.45) is 2.78. The van der Waals surface area contributed by atoms with E-state index >= 15 is 0 Å². The number of nitrogens with zero attached hydrogens (tertiary/aromatic N) is 3. The first-order valence-electron chi connectivity index (χ1n) is 9.71. The maximum atomic E-state index is 12.3. The number of anilines is 1. The van der Waals surface area contributed by atoms with Gasteiger partial charge in [0.2, 0.25) is 5.91 Å². The summed E-state index contributed by atoms with van der Waals surface area (Å²) in [7, 11) is 0. The van der Waals surface area contributed by atoms with Crippen LogP contribution >= 0.6 is 11.8 Å². The lowest BCUT2D eigenvalue weighted by molar-refractivity contribution is -0.125. The van der Waals surface area contributed by atoms with Crippen LogP contribution < -0.4 is 10.2 Å². The van der Waals surface area contributed by atoms with Gasteiger partial charge in [-0.3, -0.25) is 4.79 Å². The number of carbonyl (C=O) groups excluding carboxylic acids is 1. The van der Waals surface area contributed by atoms with E-state index in [-0.39, 0.29) is 11.8 Å². The molecule has 1 aliphatic heterocycles. The first-order chi connectivity index (χ1) is 13.1. The van der Waals surface area contributed by atoms with Crippen LogP contribution in [0.25, 0.3) is 0 Å². The molecule has 2 aromatic rings. The van der Waals surface area contributed by atoms with Crippen molar-refractivity contribution in [3.05, 3.63) is 42.5 Å². The Balaban J connectivity index is 1.47. The van der Waals surface area contributed by atoms with Crippen LogP contribution in [0.1, 0.15) is 33.1 Å². The van der Waals surface area contributed by atoms with Crippen molar-refractivity contribution in [1.29, 1.82) is 0 Å². The van der Waals surface area contributed by atoms with Crippen molar-refractivity contribution in [3.63, 3.8) is 0 Å². The predicted octanol–water partition coefficient (Wildman–Crippen LogP) is 4.01. The molecule has 1 N–H and O–H groups in total. The Bertz CT molecular complexity index is 713. The number of piperidine rings is 1. The Kier molecular flexibility index (Phi) is 7.10. The van der Waals surface area contributed by atoms with E-state index in [0.717, 1.165) is 54.6 Å². The van der Waals surface area contributed by atoms with E-state index in [4.69, 9.17) is 0 Å². The summed E-state index contributed by atoms with van der Waals surface area (Å²) in [5, 5.41) is 12.7. The third-order valence-electron chi connectivity index (χ3n) is 4.80. The minimum absolute atomic E-state index is 0.120. The molecule has 1 saturated heterocycles. The molecule has 1 amide bonds. The Hall–Kier alpha value is -2.08. The number of aromatic nitrogens is 2. The third kappa shape index (κ3) is 5.96. The van der Waals surface area contributed by atoms with Gasteiger partial charge in [0, 0.05) is 30.4 Å². The number of nitrogens with one attached hydrogen (secondary N) is 1. The minimum atomic E-state index is 0.120. The molecule has 27 heavy (non-hydrogen) atoms. The van der Waals surface area contributed by atoms with E-state index < -0.39 is 0 Å². The highest BCUT2D eigenvalue weighted by molar-refractivity contribution is 7.99. The van der Waals surface area contributed by atoms with Gasteiger partial charge in [0.05, 0.1) is 0 Å². The quantitative estimate of drug-likeness (QED) is 0.782. The average Bonchev–Trinajstić information content (AvgIpc) is 2.69. The molecule has 5 nitrogen and oxygen atoms in total. The SMILES string of the molecule is CC(C)CCNC(=O)C1CCN(c2ccc(Sc3ccccc3)nn2)CC1. The first kappa shape index (κ1) is 19.7. The molecular formula is C21H28N4OS. The first-order valence-corrected chi connectivity index (χ1v) is 10.5. The van der Waals surface area contributed by atoms with Crippen LogP contribution in [0.15, 0.2) is 52.4 Å². The Morgan fingerprint density at radius 2 is 1.89 bits per heavy atom. The molecule has 6 heteroatoms. The molecule has 0 spiro atoms. The average molecular weight is 385 g/mol. The third-order valence-corrected chi connectivity index (χ3v) is 5.74. The molecule has 0 unspecified atom stereocenters. The second-order valence-electron chi connectivity index (χ2n) is 7.38. The number of amides is 1. The molecule has 1 fully saturated rings. The lowest BCUT2D eigenvalue weighted by atomic mass is 9.96. The van der Waals surface area contributed by atoms with Crippen molar-refractivity contribution in [2.45, 2.75) is 43.0 Å². The molecule has 0 radical (unpaired) electrons. The monoisotopic (exact) mass is 384 g/mol. The van der Waals surface area contributed by atoms with Crippen LogP contribution in [0, 0.1) is 11.8 Å². The van der Waals surface area contributed by atoms with Gasteiger partial charge in [-0.2, -0.15) is 0 Å². The molecule has 3 rings (SSSR count). The van der Waals surface area contributed by atoms with Gasteiger partial charge < -0.3 is 10.2 Å². The van der Waals surface area contributed by atoms with Crippen molar-refractivity contribution in [1.82, 2.24) is 15.5 Å². The van der Waals surface area contributed by atoms with Crippen LogP contribution in [0.4, 0.5) is 5.82 Å². The number of hydrogen-bond acceptors (Lipinski definition) is 5. The summed E-state index contributed by atoms with van der Waals surface area (Å²) in [6, 6.07) is 14.2. The lowest BCUT2D eigenvalue weighted by Crippen LogP contribution is -2.41. The van der Waals surface area contributed by atoms with E-state index in [9.17, 15) is 4.79 Å². The van der Waals surface area contributed by atoms with Gasteiger partial charge in [-0.1, -0.05) is 43.8 Å². The van der Waals surface area contributed by atoms with E-state index in [1.54, 1.807) is 11.8 Å². The highest BCUT2D eigenvalue weighted by atomic mass is 32.2.